The third kappa shape index (κ3) is 4.45. The molecule has 23 heavy (non-hydrogen) atoms. The maximum Gasteiger partial charge on any atom is 0.178 e. The molecule has 1 aromatic carbocycles. The first-order valence-corrected chi connectivity index (χ1v) is 7.81. The van der Waals surface area contributed by atoms with Crippen LogP contribution in [0.4, 0.5) is 0 Å². The van der Waals surface area contributed by atoms with Crippen molar-refractivity contribution in [2.24, 2.45) is 0 Å². The van der Waals surface area contributed by atoms with Gasteiger partial charge in [0.05, 0.1) is 14.2 Å². The average molecular weight is 316 g/mol. The maximum absolute atomic E-state index is 11.2. The van der Waals surface area contributed by atoms with Gasteiger partial charge >= 0.3 is 0 Å². The first-order valence-electron chi connectivity index (χ1n) is 7.81. The average Bonchev–Trinajstić information content (AvgIpc) is 2.60. The van der Waals surface area contributed by atoms with Crippen LogP contribution < -0.4 is 9.47 Å². The van der Waals surface area contributed by atoms with Gasteiger partial charge in [-0.15, -0.1) is 0 Å². The molecule has 0 N–H and O–H groups in total. The van der Waals surface area contributed by atoms with Crippen molar-refractivity contribution in [3.8, 4) is 11.5 Å². The minimum Gasteiger partial charge on any atom is -0.493 e. The van der Waals surface area contributed by atoms with Crippen molar-refractivity contribution in [3.05, 3.63) is 48.1 Å². The third-order valence-electron chi connectivity index (χ3n) is 4.17. The fraction of sp³-hybridized carbons (Fsp3) is 0.421. The molecule has 0 saturated carbocycles. The van der Waals surface area contributed by atoms with Crippen LogP contribution in [-0.4, -0.2) is 32.7 Å². The second-order valence-electron chi connectivity index (χ2n) is 5.62. The van der Waals surface area contributed by atoms with Gasteiger partial charge in [0.1, 0.15) is 5.60 Å². The summed E-state index contributed by atoms with van der Waals surface area (Å²) in [5.74, 6) is 1.52. The lowest BCUT2D eigenvalue weighted by atomic mass is 9.90. The summed E-state index contributed by atoms with van der Waals surface area (Å²) in [6, 6.07) is 6.01. The van der Waals surface area contributed by atoms with Gasteiger partial charge in [0, 0.05) is 7.11 Å². The quantitative estimate of drug-likeness (QED) is 0.689. The Morgan fingerprint density at radius 1 is 0.957 bits per heavy atom. The van der Waals surface area contributed by atoms with Crippen molar-refractivity contribution in [1.82, 2.24) is 0 Å². The molecule has 0 bridgehead atoms. The molecule has 0 heterocycles. The molecule has 4 nitrogen and oxygen atoms in total. The van der Waals surface area contributed by atoms with E-state index in [2.05, 4.69) is 6.07 Å². The highest BCUT2D eigenvalue weighted by molar-refractivity contribution is 6.00. The number of rotatable bonds is 8. The van der Waals surface area contributed by atoms with E-state index in [1.165, 1.54) is 5.56 Å². The van der Waals surface area contributed by atoms with Crippen molar-refractivity contribution in [3.63, 3.8) is 0 Å². The molecule has 0 aromatic heterocycles. The number of hydrogen-bond donors (Lipinski definition) is 0. The Kier molecular flexibility index (Phi) is 5.99. The van der Waals surface area contributed by atoms with E-state index >= 15 is 0 Å². The molecule has 0 fully saturated rings. The molecule has 0 atom stereocenters. The Labute approximate surface area is 137 Å². The molecule has 1 aromatic rings. The van der Waals surface area contributed by atoms with Crippen LogP contribution >= 0.6 is 0 Å². The van der Waals surface area contributed by atoms with E-state index in [0.717, 1.165) is 37.2 Å². The summed E-state index contributed by atoms with van der Waals surface area (Å²) in [6.07, 6.45) is 10.7. The van der Waals surface area contributed by atoms with Crippen LogP contribution in [-0.2, 0) is 16.0 Å². The number of benzene rings is 1. The maximum atomic E-state index is 11.2. The van der Waals surface area contributed by atoms with Gasteiger partial charge in [-0.25, -0.2) is 0 Å². The number of unbranched alkanes of at least 4 members (excludes halogenated alkanes) is 1. The molecular formula is C19H24O4. The molecule has 2 rings (SSSR count). The van der Waals surface area contributed by atoms with Crippen molar-refractivity contribution in [1.29, 1.82) is 0 Å². The molecule has 0 spiro atoms. The number of allylic oxidation sites excluding steroid dienone is 2. The monoisotopic (exact) mass is 316 g/mol. The number of ketones is 1. The molecule has 1 aliphatic carbocycles. The number of carbonyl (C=O) groups is 1. The third-order valence-corrected chi connectivity index (χ3v) is 4.17. The van der Waals surface area contributed by atoms with Gasteiger partial charge in [0.2, 0.25) is 0 Å². The molecule has 0 radical (unpaired) electrons. The molecular weight excluding hydrogens is 292 g/mol. The van der Waals surface area contributed by atoms with Crippen LogP contribution in [0.1, 0.15) is 24.8 Å². The lowest BCUT2D eigenvalue weighted by molar-refractivity contribution is -0.110. The fourth-order valence-corrected chi connectivity index (χ4v) is 2.73. The topological polar surface area (TPSA) is 44.8 Å². The summed E-state index contributed by atoms with van der Waals surface area (Å²) in [6.45, 7) is 0. The fourth-order valence-electron chi connectivity index (χ4n) is 2.73. The first kappa shape index (κ1) is 17.3. The van der Waals surface area contributed by atoms with E-state index in [-0.39, 0.29) is 5.78 Å². The summed E-state index contributed by atoms with van der Waals surface area (Å²) >= 11 is 0. The van der Waals surface area contributed by atoms with Gasteiger partial charge in [-0.1, -0.05) is 6.07 Å². The minimum atomic E-state index is -0.439. The standard InChI is InChI=1S/C19H24O4/c1-21-17-8-7-15(14-18(17)22-2)6-4-5-11-19(23-3)12-9-16(20)10-13-19/h7-10,12-14H,4-6,11H2,1-3H3. The normalized spacial score (nSPS) is 15.7. The summed E-state index contributed by atoms with van der Waals surface area (Å²) < 4.78 is 16.2. The number of aryl methyl sites for hydroxylation is 1. The zero-order valence-corrected chi connectivity index (χ0v) is 14.0. The predicted octanol–water partition coefficient (Wildman–Crippen LogP) is 3.50. The second kappa shape index (κ2) is 7.97. The molecule has 0 unspecified atom stereocenters. The lowest BCUT2D eigenvalue weighted by Gasteiger charge is -2.27. The van der Waals surface area contributed by atoms with Crippen LogP contribution in [0.15, 0.2) is 42.5 Å². The Bertz CT molecular complexity index is 585. The Morgan fingerprint density at radius 2 is 1.65 bits per heavy atom. The van der Waals surface area contributed by atoms with Crippen molar-refractivity contribution < 1.29 is 19.0 Å². The number of hydrogen-bond acceptors (Lipinski definition) is 4. The van der Waals surface area contributed by atoms with E-state index in [0.29, 0.717) is 0 Å². The second-order valence-corrected chi connectivity index (χ2v) is 5.62. The molecule has 0 saturated heterocycles. The number of ether oxygens (including phenoxy) is 3. The van der Waals surface area contributed by atoms with Crippen molar-refractivity contribution in [2.75, 3.05) is 21.3 Å². The van der Waals surface area contributed by atoms with E-state index in [9.17, 15) is 4.79 Å². The van der Waals surface area contributed by atoms with Gasteiger partial charge in [-0.2, -0.15) is 0 Å². The summed E-state index contributed by atoms with van der Waals surface area (Å²) in [7, 11) is 4.96. The Balaban J connectivity index is 1.87. The highest BCUT2D eigenvalue weighted by Gasteiger charge is 2.25. The van der Waals surface area contributed by atoms with Gasteiger partial charge in [0.25, 0.3) is 0 Å². The molecule has 4 heteroatoms. The van der Waals surface area contributed by atoms with Crippen LogP contribution in [0.3, 0.4) is 0 Å². The first-order chi connectivity index (χ1) is 11.1. The van der Waals surface area contributed by atoms with Gasteiger partial charge in [-0.3, -0.25) is 4.79 Å². The SMILES string of the molecule is COc1ccc(CCCCC2(OC)C=CC(=O)C=C2)cc1OC. The van der Waals surface area contributed by atoms with Crippen LogP contribution in [0, 0.1) is 0 Å². The summed E-state index contributed by atoms with van der Waals surface area (Å²) in [5, 5.41) is 0. The van der Waals surface area contributed by atoms with Crippen molar-refractivity contribution in [2.45, 2.75) is 31.3 Å². The number of carbonyl (C=O) groups excluding carboxylic acids is 1. The lowest BCUT2D eigenvalue weighted by Crippen LogP contribution is -2.28. The number of methoxy groups -OCH3 is 3. The van der Waals surface area contributed by atoms with E-state index in [4.69, 9.17) is 14.2 Å². The smallest absolute Gasteiger partial charge is 0.178 e. The Hall–Kier alpha value is -2.07. The highest BCUT2D eigenvalue weighted by Crippen LogP contribution is 2.29. The highest BCUT2D eigenvalue weighted by atomic mass is 16.5. The molecule has 0 amide bonds. The van der Waals surface area contributed by atoms with E-state index in [1.54, 1.807) is 33.5 Å². The Morgan fingerprint density at radius 3 is 2.26 bits per heavy atom. The minimum absolute atomic E-state index is 0.0167. The predicted molar refractivity (Wildman–Crippen MR) is 90.1 cm³/mol. The zero-order valence-electron chi connectivity index (χ0n) is 14.0. The van der Waals surface area contributed by atoms with Crippen LogP contribution in [0.2, 0.25) is 0 Å². The summed E-state index contributed by atoms with van der Waals surface area (Å²) in [4.78, 5) is 11.2. The van der Waals surface area contributed by atoms with Gasteiger partial charge in [-0.05, 0) is 67.7 Å². The zero-order chi connectivity index (χ0) is 16.7. The van der Waals surface area contributed by atoms with E-state index in [1.807, 2.05) is 24.3 Å². The summed E-state index contributed by atoms with van der Waals surface area (Å²) in [5.41, 5.74) is 0.782. The molecule has 0 aliphatic heterocycles. The largest absolute Gasteiger partial charge is 0.493 e. The molecule has 124 valence electrons. The van der Waals surface area contributed by atoms with Crippen LogP contribution in [0.25, 0.3) is 0 Å². The van der Waals surface area contributed by atoms with Crippen LogP contribution in [0.5, 0.6) is 11.5 Å². The van der Waals surface area contributed by atoms with Gasteiger partial charge < -0.3 is 14.2 Å². The van der Waals surface area contributed by atoms with E-state index < -0.39 is 5.60 Å². The van der Waals surface area contributed by atoms with Gasteiger partial charge in [0.15, 0.2) is 17.3 Å². The molecule has 1 aliphatic rings. The van der Waals surface area contributed by atoms with Crippen molar-refractivity contribution >= 4 is 5.78 Å².